The van der Waals surface area contributed by atoms with Gasteiger partial charge in [0.2, 0.25) is 0 Å². The SMILES string of the molecule is O=C([O-])C1=C(OS(=O)(=O)C(F)(F)F)CCN(C(=O)[O-])C1. The second-order valence-corrected chi connectivity index (χ2v) is 5.15. The molecule has 0 aromatic carbocycles. The van der Waals surface area contributed by atoms with Crippen LogP contribution in [-0.2, 0) is 19.1 Å². The summed E-state index contributed by atoms with van der Waals surface area (Å²) in [6, 6.07) is 0. The fraction of sp³-hybridized carbons (Fsp3) is 0.500. The number of carboxylic acids is 1. The molecule has 0 aliphatic carbocycles. The van der Waals surface area contributed by atoms with Crippen LogP contribution in [-0.4, -0.2) is 44.0 Å². The van der Waals surface area contributed by atoms with Crippen molar-refractivity contribution >= 4 is 22.2 Å². The number of hydrogen-bond donors (Lipinski definition) is 0. The first-order chi connectivity index (χ1) is 8.95. The Morgan fingerprint density at radius 1 is 1.25 bits per heavy atom. The molecule has 1 heterocycles. The molecular formula is C8H6F3NO7S-2. The molecular weight excluding hydrogens is 311 g/mol. The zero-order valence-corrected chi connectivity index (χ0v) is 10.3. The first-order valence-corrected chi connectivity index (χ1v) is 6.26. The second kappa shape index (κ2) is 5.19. The first-order valence-electron chi connectivity index (χ1n) is 4.85. The van der Waals surface area contributed by atoms with E-state index in [0.717, 1.165) is 0 Å². The van der Waals surface area contributed by atoms with Crippen LogP contribution < -0.4 is 10.2 Å². The van der Waals surface area contributed by atoms with Gasteiger partial charge in [0.15, 0.2) is 0 Å². The van der Waals surface area contributed by atoms with Gasteiger partial charge in [0.05, 0.1) is 5.97 Å². The van der Waals surface area contributed by atoms with Gasteiger partial charge in [-0.05, 0) is 0 Å². The van der Waals surface area contributed by atoms with Gasteiger partial charge in [0.25, 0.3) is 0 Å². The minimum Gasteiger partial charge on any atom is -0.545 e. The standard InChI is InChI=1S/C8H8F3NO7S/c9-8(10,11)20(17,18)19-5-1-2-12(7(15)16)3-4(5)6(13)14/h1-3H2,(H,13,14)(H,15,16)/p-2. The second-order valence-electron chi connectivity index (χ2n) is 3.61. The fourth-order valence-electron chi connectivity index (χ4n) is 1.35. The molecule has 0 fully saturated rings. The molecule has 0 saturated carbocycles. The summed E-state index contributed by atoms with van der Waals surface area (Å²) >= 11 is 0. The zero-order chi connectivity index (χ0) is 15.7. The number of aliphatic carboxylic acids is 1. The van der Waals surface area contributed by atoms with Crippen molar-refractivity contribution in [3.8, 4) is 0 Å². The minimum absolute atomic E-state index is 0.457. The molecule has 0 saturated heterocycles. The summed E-state index contributed by atoms with van der Waals surface area (Å²) in [6.45, 7) is -1.37. The van der Waals surface area contributed by atoms with Gasteiger partial charge >= 0.3 is 15.6 Å². The molecule has 1 amide bonds. The number of halogens is 3. The molecule has 20 heavy (non-hydrogen) atoms. The molecule has 0 atom stereocenters. The number of amides is 1. The largest absolute Gasteiger partial charge is 0.545 e. The monoisotopic (exact) mass is 317 g/mol. The number of carboxylic acid groups (broad SMARTS) is 2. The van der Waals surface area contributed by atoms with Gasteiger partial charge in [-0.3, -0.25) is 0 Å². The lowest BCUT2D eigenvalue weighted by atomic mass is 10.1. The summed E-state index contributed by atoms with van der Waals surface area (Å²) in [5, 5.41) is 21.2. The quantitative estimate of drug-likeness (QED) is 0.431. The summed E-state index contributed by atoms with van der Waals surface area (Å²) < 4.78 is 61.6. The summed E-state index contributed by atoms with van der Waals surface area (Å²) in [5.74, 6) is -3.05. The van der Waals surface area contributed by atoms with E-state index in [0.29, 0.717) is 4.90 Å². The number of rotatable bonds is 3. The summed E-state index contributed by atoms with van der Waals surface area (Å²) in [7, 11) is -6.03. The van der Waals surface area contributed by atoms with E-state index in [2.05, 4.69) is 4.18 Å². The molecule has 0 N–H and O–H groups in total. The Kier molecular flexibility index (Phi) is 4.17. The van der Waals surface area contributed by atoms with Crippen LogP contribution in [0.2, 0.25) is 0 Å². The Hall–Kier alpha value is -1.98. The predicted molar refractivity (Wildman–Crippen MR) is 49.7 cm³/mol. The van der Waals surface area contributed by atoms with Crippen molar-refractivity contribution in [2.24, 2.45) is 0 Å². The molecule has 1 aliphatic rings. The zero-order valence-electron chi connectivity index (χ0n) is 9.47. The van der Waals surface area contributed by atoms with Gasteiger partial charge in [0.1, 0.15) is 11.9 Å². The van der Waals surface area contributed by atoms with Crippen molar-refractivity contribution in [2.45, 2.75) is 11.9 Å². The fourth-order valence-corrected chi connectivity index (χ4v) is 1.89. The van der Waals surface area contributed by atoms with Gasteiger partial charge in [-0.25, -0.2) is 0 Å². The van der Waals surface area contributed by atoms with E-state index < -0.39 is 58.5 Å². The van der Waals surface area contributed by atoms with Crippen molar-refractivity contribution in [1.29, 1.82) is 0 Å². The lowest BCUT2D eigenvalue weighted by Gasteiger charge is -2.32. The third-order valence-electron chi connectivity index (χ3n) is 2.29. The van der Waals surface area contributed by atoms with E-state index in [1.54, 1.807) is 0 Å². The van der Waals surface area contributed by atoms with Gasteiger partial charge in [-0.15, -0.1) is 0 Å². The molecule has 0 radical (unpaired) electrons. The van der Waals surface area contributed by atoms with E-state index in [9.17, 15) is 41.4 Å². The Morgan fingerprint density at radius 3 is 2.20 bits per heavy atom. The highest BCUT2D eigenvalue weighted by Gasteiger charge is 2.49. The van der Waals surface area contributed by atoms with Gasteiger partial charge in [0, 0.05) is 25.1 Å². The lowest BCUT2D eigenvalue weighted by molar-refractivity contribution is -0.300. The van der Waals surface area contributed by atoms with Crippen LogP contribution in [0.3, 0.4) is 0 Å². The van der Waals surface area contributed by atoms with Crippen LogP contribution in [0.4, 0.5) is 18.0 Å². The van der Waals surface area contributed by atoms with Crippen LogP contribution in [0, 0.1) is 0 Å². The van der Waals surface area contributed by atoms with Crippen LogP contribution in [0.5, 0.6) is 0 Å². The van der Waals surface area contributed by atoms with Crippen LogP contribution in [0.25, 0.3) is 0 Å². The smallest absolute Gasteiger partial charge is 0.534 e. The Morgan fingerprint density at radius 2 is 1.80 bits per heavy atom. The third kappa shape index (κ3) is 3.31. The van der Waals surface area contributed by atoms with Gasteiger partial charge in [-0.1, -0.05) is 0 Å². The molecule has 0 aromatic rings. The van der Waals surface area contributed by atoms with Crippen LogP contribution in [0.1, 0.15) is 6.42 Å². The average molecular weight is 317 g/mol. The highest BCUT2D eigenvalue weighted by Crippen LogP contribution is 2.29. The van der Waals surface area contributed by atoms with Gasteiger partial charge < -0.3 is 28.9 Å². The maximum atomic E-state index is 12.1. The lowest BCUT2D eigenvalue weighted by Crippen LogP contribution is -2.47. The number of nitrogens with zero attached hydrogens (tertiary/aromatic N) is 1. The number of carbonyl (C=O) groups excluding carboxylic acids is 2. The Balaban J connectivity index is 3.11. The maximum absolute atomic E-state index is 12.1. The van der Waals surface area contributed by atoms with Crippen molar-refractivity contribution in [2.75, 3.05) is 13.1 Å². The van der Waals surface area contributed by atoms with Crippen molar-refractivity contribution in [3.63, 3.8) is 0 Å². The van der Waals surface area contributed by atoms with Crippen molar-refractivity contribution < 1.29 is 45.6 Å². The van der Waals surface area contributed by atoms with E-state index in [4.69, 9.17) is 0 Å². The van der Waals surface area contributed by atoms with E-state index in [1.165, 1.54) is 0 Å². The number of hydrogen-bond acceptors (Lipinski definition) is 7. The van der Waals surface area contributed by atoms with Crippen LogP contribution in [0.15, 0.2) is 11.3 Å². The maximum Gasteiger partial charge on any atom is 0.534 e. The highest BCUT2D eigenvalue weighted by atomic mass is 32.2. The average Bonchev–Trinajstić information content (AvgIpc) is 2.26. The molecule has 1 aliphatic heterocycles. The Bertz CT molecular complexity index is 565. The number of carbonyl (C=O) groups is 2. The molecule has 0 unspecified atom stereocenters. The molecule has 0 aromatic heterocycles. The van der Waals surface area contributed by atoms with Gasteiger partial charge in [-0.2, -0.15) is 21.6 Å². The summed E-state index contributed by atoms with van der Waals surface area (Å²) in [4.78, 5) is 21.7. The molecule has 8 nitrogen and oxygen atoms in total. The molecule has 12 heteroatoms. The molecule has 0 spiro atoms. The van der Waals surface area contributed by atoms with E-state index in [1.807, 2.05) is 0 Å². The summed E-state index contributed by atoms with van der Waals surface area (Å²) in [5.41, 5.74) is -6.74. The Labute approximate surface area is 110 Å². The summed E-state index contributed by atoms with van der Waals surface area (Å²) in [6.07, 6.45) is -2.44. The van der Waals surface area contributed by atoms with Crippen LogP contribution >= 0.6 is 0 Å². The molecule has 0 bridgehead atoms. The normalized spacial score (nSPS) is 17.1. The minimum atomic E-state index is -6.03. The van der Waals surface area contributed by atoms with E-state index in [-0.39, 0.29) is 0 Å². The topological polar surface area (TPSA) is 127 Å². The third-order valence-corrected chi connectivity index (χ3v) is 3.28. The van der Waals surface area contributed by atoms with Crippen molar-refractivity contribution in [3.05, 3.63) is 11.3 Å². The van der Waals surface area contributed by atoms with E-state index >= 15 is 0 Å². The first kappa shape index (κ1) is 16.1. The van der Waals surface area contributed by atoms with Crippen molar-refractivity contribution in [1.82, 2.24) is 4.90 Å². The number of alkyl halides is 3. The highest BCUT2D eigenvalue weighted by molar-refractivity contribution is 7.87. The molecule has 1 rings (SSSR count). The molecule has 114 valence electrons. The predicted octanol–water partition coefficient (Wildman–Crippen LogP) is -2.09.